The summed E-state index contributed by atoms with van der Waals surface area (Å²) in [6.45, 7) is 0. The summed E-state index contributed by atoms with van der Waals surface area (Å²) in [6.07, 6.45) is 0. The van der Waals surface area contributed by atoms with Crippen molar-refractivity contribution in [3.05, 3.63) is 164 Å². The lowest BCUT2D eigenvalue weighted by Crippen LogP contribution is -2.09. The standard InChI is InChI=1S/C44H27NS2/c1-2-11-31(12-3-1)45(39-17-8-16-36-35-14-6-7-18-40(35)47-44(36)39)32-24-25-41-38(27-32)43-34(15-9-19-42(43)46-41)30-23-22-29-21-20-28-10-4-5-13-33(28)37(29)26-30/h1-27H. The zero-order chi connectivity index (χ0) is 30.9. The van der Waals surface area contributed by atoms with Crippen molar-refractivity contribution in [1.29, 1.82) is 0 Å². The van der Waals surface area contributed by atoms with Crippen molar-refractivity contribution in [1.82, 2.24) is 0 Å². The average Bonchev–Trinajstić information content (AvgIpc) is 3.71. The quantitative estimate of drug-likeness (QED) is 0.174. The second-order valence-corrected chi connectivity index (χ2v) is 14.2. The maximum Gasteiger partial charge on any atom is 0.0640 e. The molecule has 0 atom stereocenters. The van der Waals surface area contributed by atoms with E-state index in [4.69, 9.17) is 0 Å². The Kier molecular flexibility index (Phi) is 5.98. The van der Waals surface area contributed by atoms with Gasteiger partial charge in [0.1, 0.15) is 0 Å². The van der Waals surface area contributed by atoms with E-state index in [-0.39, 0.29) is 0 Å². The van der Waals surface area contributed by atoms with Gasteiger partial charge in [0.15, 0.2) is 0 Å². The number of anilines is 3. The van der Waals surface area contributed by atoms with Gasteiger partial charge in [-0.25, -0.2) is 0 Å². The van der Waals surface area contributed by atoms with Crippen molar-refractivity contribution in [2.45, 2.75) is 0 Å². The number of thiophene rings is 2. The van der Waals surface area contributed by atoms with E-state index in [0.717, 1.165) is 11.4 Å². The minimum atomic E-state index is 1.15. The molecule has 47 heavy (non-hydrogen) atoms. The van der Waals surface area contributed by atoms with Crippen LogP contribution in [-0.2, 0) is 0 Å². The van der Waals surface area contributed by atoms with Crippen LogP contribution in [0.5, 0.6) is 0 Å². The Labute approximate surface area is 280 Å². The minimum absolute atomic E-state index is 1.15. The molecule has 10 aromatic rings. The maximum absolute atomic E-state index is 2.44. The van der Waals surface area contributed by atoms with Crippen molar-refractivity contribution >= 4 is 102 Å². The topological polar surface area (TPSA) is 3.24 Å². The molecule has 0 saturated carbocycles. The van der Waals surface area contributed by atoms with Crippen LogP contribution < -0.4 is 4.90 Å². The molecule has 2 heterocycles. The Morgan fingerprint density at radius 3 is 2.00 bits per heavy atom. The summed E-state index contributed by atoms with van der Waals surface area (Å²) >= 11 is 3.75. The summed E-state index contributed by atoms with van der Waals surface area (Å²) in [6, 6.07) is 60.2. The third-order valence-electron chi connectivity index (χ3n) is 9.43. The summed E-state index contributed by atoms with van der Waals surface area (Å²) in [5, 5.41) is 10.4. The summed E-state index contributed by atoms with van der Waals surface area (Å²) < 4.78 is 5.23. The van der Waals surface area contributed by atoms with E-state index in [0.29, 0.717) is 0 Å². The van der Waals surface area contributed by atoms with E-state index in [9.17, 15) is 0 Å². The summed E-state index contributed by atoms with van der Waals surface area (Å²) in [5.41, 5.74) is 6.04. The number of hydrogen-bond acceptors (Lipinski definition) is 3. The molecule has 10 rings (SSSR count). The smallest absolute Gasteiger partial charge is 0.0640 e. The van der Waals surface area contributed by atoms with Gasteiger partial charge in [-0.1, -0.05) is 109 Å². The summed E-state index contributed by atoms with van der Waals surface area (Å²) in [5.74, 6) is 0. The van der Waals surface area contributed by atoms with Crippen LogP contribution in [0.25, 0.3) is 73.0 Å². The SMILES string of the molecule is c1ccc(N(c2ccc3sc4cccc(-c5ccc6ccc7ccccc7c6c5)c4c3c2)c2cccc3c2sc2ccccc23)cc1. The lowest BCUT2D eigenvalue weighted by Gasteiger charge is -2.26. The van der Waals surface area contributed by atoms with Gasteiger partial charge in [-0.2, -0.15) is 0 Å². The van der Waals surface area contributed by atoms with E-state index in [1.54, 1.807) is 0 Å². The van der Waals surface area contributed by atoms with Crippen LogP contribution in [0, 0.1) is 0 Å². The third-order valence-corrected chi connectivity index (χ3v) is 11.8. The molecule has 0 bridgehead atoms. The number of fused-ring (bicyclic) bond motifs is 9. The van der Waals surface area contributed by atoms with Crippen molar-refractivity contribution in [2.24, 2.45) is 0 Å². The van der Waals surface area contributed by atoms with Crippen LogP contribution in [-0.4, -0.2) is 0 Å². The van der Waals surface area contributed by atoms with Crippen molar-refractivity contribution < 1.29 is 0 Å². The molecule has 0 amide bonds. The molecule has 1 nitrogen and oxygen atoms in total. The predicted octanol–water partition coefficient (Wildman–Crippen LogP) is 13.9. The Hall–Kier alpha value is -5.48. The van der Waals surface area contributed by atoms with Gasteiger partial charge in [-0.05, 0) is 87.3 Å². The normalized spacial score (nSPS) is 11.8. The van der Waals surface area contributed by atoms with E-state index >= 15 is 0 Å². The maximum atomic E-state index is 2.44. The second-order valence-electron chi connectivity index (χ2n) is 12.1. The van der Waals surface area contributed by atoms with E-state index in [2.05, 4.69) is 169 Å². The van der Waals surface area contributed by atoms with Crippen LogP contribution in [0.3, 0.4) is 0 Å². The molecule has 0 saturated heterocycles. The molecular formula is C44H27NS2. The van der Waals surface area contributed by atoms with Crippen molar-refractivity contribution in [2.75, 3.05) is 4.90 Å². The Bertz CT molecular complexity index is 2810. The average molecular weight is 634 g/mol. The zero-order valence-corrected chi connectivity index (χ0v) is 27.0. The highest BCUT2D eigenvalue weighted by molar-refractivity contribution is 7.26. The molecule has 8 aromatic carbocycles. The molecule has 0 aliphatic rings. The van der Waals surface area contributed by atoms with Gasteiger partial charge in [0, 0.05) is 47.0 Å². The molecular weight excluding hydrogens is 607 g/mol. The molecule has 220 valence electrons. The van der Waals surface area contributed by atoms with Gasteiger partial charge in [-0.3, -0.25) is 0 Å². The van der Waals surface area contributed by atoms with Crippen LogP contribution in [0.4, 0.5) is 17.1 Å². The molecule has 2 aromatic heterocycles. The lowest BCUT2D eigenvalue weighted by molar-refractivity contribution is 1.31. The summed E-state index contributed by atoms with van der Waals surface area (Å²) in [7, 11) is 0. The first-order chi connectivity index (χ1) is 23.3. The van der Waals surface area contributed by atoms with Crippen LogP contribution in [0.1, 0.15) is 0 Å². The highest BCUT2D eigenvalue weighted by Crippen LogP contribution is 2.47. The van der Waals surface area contributed by atoms with Gasteiger partial charge in [-0.15, -0.1) is 22.7 Å². The Morgan fingerprint density at radius 2 is 1.09 bits per heavy atom. The molecule has 0 spiro atoms. The molecule has 0 unspecified atom stereocenters. The molecule has 0 N–H and O–H groups in total. The second kappa shape index (κ2) is 10.5. The summed E-state index contributed by atoms with van der Waals surface area (Å²) in [4.78, 5) is 2.44. The Balaban J connectivity index is 1.21. The highest BCUT2D eigenvalue weighted by atomic mass is 32.1. The van der Waals surface area contributed by atoms with E-state index < -0.39 is 0 Å². The van der Waals surface area contributed by atoms with Crippen molar-refractivity contribution in [3.63, 3.8) is 0 Å². The first-order valence-corrected chi connectivity index (χ1v) is 17.6. The number of benzene rings is 8. The van der Waals surface area contributed by atoms with Crippen LogP contribution in [0.15, 0.2) is 164 Å². The fraction of sp³-hybridized carbons (Fsp3) is 0. The number of rotatable bonds is 4. The lowest BCUT2D eigenvalue weighted by atomic mass is 9.95. The number of hydrogen-bond donors (Lipinski definition) is 0. The molecule has 3 heteroatoms. The van der Waals surface area contributed by atoms with Crippen LogP contribution >= 0.6 is 22.7 Å². The predicted molar refractivity (Wildman–Crippen MR) is 207 cm³/mol. The largest absolute Gasteiger partial charge is 0.309 e. The minimum Gasteiger partial charge on any atom is -0.309 e. The fourth-order valence-electron chi connectivity index (χ4n) is 7.28. The van der Waals surface area contributed by atoms with Crippen LogP contribution in [0.2, 0.25) is 0 Å². The molecule has 0 radical (unpaired) electrons. The highest BCUT2D eigenvalue weighted by Gasteiger charge is 2.20. The van der Waals surface area contributed by atoms with Gasteiger partial charge in [0.05, 0.1) is 10.4 Å². The molecule has 0 fully saturated rings. The number of para-hydroxylation sites is 1. The van der Waals surface area contributed by atoms with Crippen molar-refractivity contribution in [3.8, 4) is 11.1 Å². The third kappa shape index (κ3) is 4.21. The van der Waals surface area contributed by atoms with Gasteiger partial charge < -0.3 is 4.90 Å². The van der Waals surface area contributed by atoms with Gasteiger partial charge in [0.2, 0.25) is 0 Å². The first kappa shape index (κ1) is 26.7. The molecule has 0 aliphatic carbocycles. The monoisotopic (exact) mass is 633 g/mol. The first-order valence-electron chi connectivity index (χ1n) is 15.9. The van der Waals surface area contributed by atoms with E-state index in [1.807, 2.05) is 22.7 Å². The Morgan fingerprint density at radius 1 is 0.383 bits per heavy atom. The zero-order valence-electron chi connectivity index (χ0n) is 25.4. The van der Waals surface area contributed by atoms with Gasteiger partial charge >= 0.3 is 0 Å². The number of nitrogens with zero attached hydrogens (tertiary/aromatic N) is 1. The fourth-order valence-corrected chi connectivity index (χ4v) is 9.60. The molecule has 0 aliphatic heterocycles. The van der Waals surface area contributed by atoms with Gasteiger partial charge in [0.25, 0.3) is 0 Å². The van der Waals surface area contributed by atoms with E-state index in [1.165, 1.54) is 78.7 Å².